The van der Waals surface area contributed by atoms with Crippen LogP contribution in [-0.4, -0.2) is 259 Å². The van der Waals surface area contributed by atoms with E-state index in [1.165, 1.54) is 132 Å². The minimum Gasteiger partial charge on any atom is -0.508 e. The summed E-state index contributed by atoms with van der Waals surface area (Å²) in [6, 6.07) is 28.7. The molecule has 0 aliphatic carbocycles. The van der Waals surface area contributed by atoms with Gasteiger partial charge in [-0.15, -0.1) is 0 Å². The number of nitrogens with two attached hydrogens (primary N) is 6. The van der Waals surface area contributed by atoms with E-state index in [2.05, 4.69) is 70.5 Å². The van der Waals surface area contributed by atoms with Crippen LogP contribution in [-0.2, 0) is 0 Å². The summed E-state index contributed by atoms with van der Waals surface area (Å²) in [5, 5.41) is 56.1. The normalized spacial score (nSPS) is 16.1. The summed E-state index contributed by atoms with van der Waals surface area (Å²) in [6.45, 7) is 20.1. The van der Waals surface area contributed by atoms with Gasteiger partial charge in [-0.05, 0) is 111 Å². The second-order valence-corrected chi connectivity index (χ2v) is 31.2. The highest BCUT2D eigenvalue weighted by Crippen LogP contribution is 2.32. The molecule has 4 saturated heterocycles. The number of quaternary nitrogens is 6. The average molecular weight is 1440 g/mol. The number of rotatable bonds is 27. The second kappa shape index (κ2) is 41.7. The van der Waals surface area contributed by atoms with E-state index in [4.69, 9.17) is 62.8 Å². The van der Waals surface area contributed by atoms with Crippen molar-refractivity contribution in [2.75, 3.05) is 236 Å². The molecule has 6 aromatic rings. The first-order chi connectivity index (χ1) is 48.6. The molecule has 18 N–H and O–H groups in total. The molecule has 0 spiro atoms. The van der Waals surface area contributed by atoms with Gasteiger partial charge in [0.1, 0.15) is 108 Å². The average Bonchev–Trinajstić information content (AvgIpc) is 1.86. The third kappa shape index (κ3) is 33.6. The lowest BCUT2D eigenvalue weighted by Gasteiger charge is -2.37. The largest absolute Gasteiger partial charge is 0.508 e. The summed E-state index contributed by atoms with van der Waals surface area (Å²) < 4.78 is 39.9. The van der Waals surface area contributed by atoms with Gasteiger partial charge < -0.3 is 120 Å². The van der Waals surface area contributed by atoms with E-state index in [0.717, 1.165) is 76.5 Å². The number of piperidine rings is 2. The molecule has 4 aliphatic heterocycles. The highest BCUT2D eigenvalue weighted by atomic mass is 16.5. The SMILES string of the molecule is C[N+](C)(C)CCCOc1cc(O)ccc1N.C[N+](C)(C)CCOc1cc(O)ccc1N.C[N+]1(CCCOc2cc(O)ccc2N)CCCC1.C[N+]1(CCCOc2cc(O)ccc2N)CCCCC1.C[N+]1(CCOc2cc(O)ccc2N)CCCC1.C[N+]1(CCOc2cc(O)ccc2N)CCCCC1. The van der Waals surface area contributed by atoms with Crippen molar-refractivity contribution in [1.29, 1.82) is 0 Å². The number of phenolic OH excluding ortho intramolecular Hbond substituents is 6. The van der Waals surface area contributed by atoms with Gasteiger partial charge in [0.25, 0.3) is 0 Å². The Hall–Kier alpha value is -8.52. The summed E-state index contributed by atoms with van der Waals surface area (Å²) in [4.78, 5) is 0. The molecule has 0 saturated carbocycles. The van der Waals surface area contributed by atoms with E-state index in [0.29, 0.717) is 108 Å². The zero-order chi connectivity index (χ0) is 75.7. The molecule has 4 fully saturated rings. The van der Waals surface area contributed by atoms with Gasteiger partial charge in [-0.3, -0.25) is 0 Å². The van der Waals surface area contributed by atoms with Crippen molar-refractivity contribution < 1.29 is 86.0 Å². The molecular formula is C79H132N12O12+6. The Morgan fingerprint density at radius 2 is 0.476 bits per heavy atom. The van der Waals surface area contributed by atoms with E-state index in [9.17, 15) is 30.6 Å². The quantitative estimate of drug-likeness (QED) is 0.00987. The van der Waals surface area contributed by atoms with Crippen LogP contribution in [0.4, 0.5) is 34.1 Å². The zero-order valence-electron chi connectivity index (χ0n) is 64.0. The molecule has 103 heavy (non-hydrogen) atoms. The zero-order valence-corrected chi connectivity index (χ0v) is 64.0. The number of nitrogen functional groups attached to an aromatic ring is 6. The topological polar surface area (TPSA) is 333 Å². The van der Waals surface area contributed by atoms with Crippen molar-refractivity contribution in [3.05, 3.63) is 109 Å². The van der Waals surface area contributed by atoms with Crippen molar-refractivity contribution in [2.24, 2.45) is 0 Å². The van der Waals surface area contributed by atoms with E-state index in [1.54, 1.807) is 103 Å². The number of phenols is 6. The molecule has 574 valence electrons. The van der Waals surface area contributed by atoms with E-state index < -0.39 is 0 Å². The molecule has 10 rings (SSSR count). The molecule has 0 bridgehead atoms. The fraction of sp³-hybridized carbons (Fsp3) is 0.544. The number of aromatic hydroxyl groups is 6. The Morgan fingerprint density at radius 1 is 0.272 bits per heavy atom. The van der Waals surface area contributed by atoms with Crippen LogP contribution < -0.4 is 62.8 Å². The first kappa shape index (κ1) is 85.1. The molecule has 0 unspecified atom stereocenters. The van der Waals surface area contributed by atoms with Crippen LogP contribution in [0.2, 0.25) is 0 Å². The van der Waals surface area contributed by atoms with Gasteiger partial charge in [0.05, 0.1) is 196 Å². The van der Waals surface area contributed by atoms with Crippen molar-refractivity contribution in [1.82, 2.24) is 0 Å². The van der Waals surface area contributed by atoms with Crippen molar-refractivity contribution in [3.8, 4) is 69.0 Å². The minimum atomic E-state index is 0.171. The maximum Gasteiger partial charge on any atom is 0.146 e. The number of benzene rings is 6. The lowest BCUT2D eigenvalue weighted by Crippen LogP contribution is -2.50. The number of hydrogen-bond donors (Lipinski definition) is 12. The van der Waals surface area contributed by atoms with Crippen LogP contribution in [0.3, 0.4) is 0 Å². The first-order valence-corrected chi connectivity index (χ1v) is 36.9. The number of anilines is 6. The molecule has 0 aromatic heterocycles. The van der Waals surface area contributed by atoms with E-state index in [1.807, 2.05) is 0 Å². The third-order valence-electron chi connectivity index (χ3n) is 19.3. The first-order valence-electron chi connectivity index (χ1n) is 36.9. The highest BCUT2D eigenvalue weighted by Gasteiger charge is 2.29. The van der Waals surface area contributed by atoms with Crippen LogP contribution in [0.25, 0.3) is 0 Å². The van der Waals surface area contributed by atoms with Gasteiger partial charge in [-0.2, -0.15) is 0 Å². The Morgan fingerprint density at radius 3 is 0.718 bits per heavy atom. The predicted molar refractivity (Wildman–Crippen MR) is 417 cm³/mol. The van der Waals surface area contributed by atoms with Gasteiger partial charge in [0.2, 0.25) is 0 Å². The molecule has 0 amide bonds. The Bertz CT molecular complexity index is 3430. The predicted octanol–water partition coefficient (Wildman–Crippen LogP) is 10.4. The molecule has 24 heteroatoms. The highest BCUT2D eigenvalue weighted by molar-refractivity contribution is 5.59. The Labute approximate surface area is 615 Å². The maximum absolute atomic E-state index is 9.40. The van der Waals surface area contributed by atoms with Gasteiger partial charge in [-0.25, -0.2) is 0 Å². The van der Waals surface area contributed by atoms with Crippen molar-refractivity contribution >= 4 is 34.1 Å². The maximum atomic E-state index is 9.40. The summed E-state index contributed by atoms with van der Waals surface area (Å²) in [5.74, 6) is 4.55. The summed E-state index contributed by atoms with van der Waals surface area (Å²) in [6.07, 6.45) is 16.3. The van der Waals surface area contributed by atoms with Gasteiger partial charge in [0, 0.05) is 81.3 Å². The van der Waals surface area contributed by atoms with Gasteiger partial charge in [0.15, 0.2) is 0 Å². The third-order valence-corrected chi connectivity index (χ3v) is 19.3. The summed E-state index contributed by atoms with van der Waals surface area (Å²) >= 11 is 0. The summed E-state index contributed by atoms with van der Waals surface area (Å²) in [7, 11) is 21.9. The van der Waals surface area contributed by atoms with E-state index in [-0.39, 0.29) is 34.5 Å². The molecule has 4 heterocycles. The van der Waals surface area contributed by atoms with E-state index >= 15 is 0 Å². The molecule has 4 aliphatic rings. The standard InChI is InChI=1S/C15H24N2O2.2C14H22N2O2.C13H20N2O2.C12H20N2O2.C11H18N2O2/c1-17(8-3-2-4-9-17)10-5-11-19-15-12-13(18)6-7-14(15)16;1-16(7-2-3-8-16)9-4-10-18-14-11-12(17)5-6-13(14)15;1-16(7-3-2-4-8-16)9-10-18-14-11-12(17)5-6-13(14)15;1-15(6-2-3-7-15)8-9-17-13-10-11(16)4-5-12(13)14;1-14(2,3)7-4-8-16-12-9-10(15)5-6-11(12)13;1-13(2,3)6-7-15-11-8-9(14)4-5-10(11)12/h6-7,12H,2-5,8-11,16H2,1H3;2*5-6,11H,2-4,7-10,15H2,1H3;4-5,10H,2-3,6-9,14H2,1H3;5-6,9H,4,7-8,13H2,1-3H3;4-5,8H,6-7,12H2,1-3H3/p+6. The van der Waals surface area contributed by atoms with Crippen LogP contribution in [0.1, 0.15) is 83.5 Å². The van der Waals surface area contributed by atoms with Crippen molar-refractivity contribution in [2.45, 2.75) is 83.5 Å². The second-order valence-electron chi connectivity index (χ2n) is 31.2. The van der Waals surface area contributed by atoms with Crippen LogP contribution in [0.15, 0.2) is 109 Å². The molecule has 0 atom stereocenters. The number of ether oxygens (including phenoxy) is 6. The summed E-state index contributed by atoms with van der Waals surface area (Å²) in [5.41, 5.74) is 38.0. The fourth-order valence-electron chi connectivity index (χ4n) is 12.7. The fourth-order valence-corrected chi connectivity index (χ4v) is 12.7. The minimum absolute atomic E-state index is 0.171. The lowest BCUT2D eigenvalue weighted by molar-refractivity contribution is -0.914. The van der Waals surface area contributed by atoms with Crippen LogP contribution in [0.5, 0.6) is 69.0 Å². The van der Waals surface area contributed by atoms with Crippen LogP contribution in [0, 0.1) is 0 Å². The van der Waals surface area contributed by atoms with Crippen LogP contribution >= 0.6 is 0 Å². The van der Waals surface area contributed by atoms with Gasteiger partial charge in [-0.1, -0.05) is 0 Å². The number of hydrogen-bond acceptors (Lipinski definition) is 18. The molecular weight excluding hydrogens is 1310 g/mol. The molecule has 0 radical (unpaired) electrons. The van der Waals surface area contributed by atoms with Crippen molar-refractivity contribution in [3.63, 3.8) is 0 Å². The Kier molecular flexibility index (Phi) is 34.5. The number of likely N-dealkylation sites (N-methyl/N-ethyl adjacent to an activating group) is 3. The monoisotopic (exact) mass is 1440 g/mol. The number of likely N-dealkylation sites (tertiary alicyclic amines) is 4. The van der Waals surface area contributed by atoms with Gasteiger partial charge >= 0.3 is 0 Å². The lowest BCUT2D eigenvalue weighted by atomic mass is 10.1. The number of nitrogens with zero attached hydrogens (tertiary/aromatic N) is 6. The molecule has 24 nitrogen and oxygen atoms in total. The smallest absolute Gasteiger partial charge is 0.146 e. The molecule has 6 aromatic carbocycles. The Balaban J connectivity index is 0.000000223.